The maximum absolute atomic E-state index is 8.35. The van der Waals surface area contributed by atoms with Crippen LogP contribution >= 0.6 is 8.53 Å². The number of fused-ring (bicyclic) bond motifs is 1. The van der Waals surface area contributed by atoms with Gasteiger partial charge in [-0.2, -0.15) is 0 Å². The van der Waals surface area contributed by atoms with E-state index in [0.717, 1.165) is 5.56 Å². The molecule has 0 spiro atoms. The van der Waals surface area contributed by atoms with Gasteiger partial charge in [-0.1, -0.05) is 30.3 Å². The fraction of sp³-hybridized carbons (Fsp3) is 0.556. The monoisotopic (exact) mass is 556 g/mol. The zero-order valence-electron chi connectivity index (χ0n) is 24.0. The molecule has 1 aliphatic heterocycles. The van der Waals surface area contributed by atoms with E-state index in [2.05, 4.69) is 57.5 Å². The van der Waals surface area contributed by atoms with E-state index < -0.39 is 20.4 Å². The van der Waals surface area contributed by atoms with Crippen LogP contribution in [0.25, 0.3) is 16.0 Å². The molecule has 1 N–H and O–H groups in total. The zero-order valence-corrected chi connectivity index (χ0v) is 23.9. The second-order valence-corrected chi connectivity index (χ2v) is 11.4. The van der Waals surface area contributed by atoms with E-state index in [4.69, 9.17) is 26.5 Å². The molecule has 0 radical (unpaired) electrons. The summed E-state index contributed by atoms with van der Waals surface area (Å²) in [5.41, 5.74) is 1.35. The van der Waals surface area contributed by atoms with Crippen molar-refractivity contribution in [2.75, 3.05) is 38.3 Å². The molecule has 4 rings (SSSR count). The standard InChI is InChI=1S/C27H38N7O4P/c1-20(2)34(21(3)4)39(36-13-12-28-6)37-17-27(5)16-35-15-23(38-27)33-19-32-24-25(30-18-31-26(24)33)29-14-22-10-8-7-9-11-22/h7-11,18-21,23H,12-17H2,1-5H3,(H,29,30,31)/t23-,27+,39?/m1/s1/i5D. The second-order valence-electron chi connectivity index (χ2n) is 9.95. The number of nitrogens with one attached hydrogen (secondary N) is 1. The van der Waals surface area contributed by atoms with Crippen molar-refractivity contribution in [1.29, 1.82) is 0 Å². The summed E-state index contributed by atoms with van der Waals surface area (Å²) in [4.78, 5) is 16.8. The predicted molar refractivity (Wildman–Crippen MR) is 151 cm³/mol. The van der Waals surface area contributed by atoms with E-state index in [1.54, 1.807) is 6.33 Å². The van der Waals surface area contributed by atoms with Crippen LogP contribution in [0.15, 0.2) is 43.0 Å². The molecule has 1 unspecified atom stereocenters. The first-order valence-electron chi connectivity index (χ1n) is 13.8. The van der Waals surface area contributed by atoms with Gasteiger partial charge in [-0.3, -0.25) is 4.57 Å². The van der Waals surface area contributed by atoms with Gasteiger partial charge in [0.15, 0.2) is 23.2 Å². The second kappa shape index (κ2) is 13.6. The Bertz CT molecular complexity index is 1250. The normalized spacial score (nSPS) is 20.9. The number of hydrogen-bond acceptors (Lipinski definition) is 9. The summed E-state index contributed by atoms with van der Waals surface area (Å²) in [6.07, 6.45) is 2.62. The number of benzene rings is 1. The molecule has 0 aliphatic carbocycles. The van der Waals surface area contributed by atoms with E-state index in [1.807, 2.05) is 34.9 Å². The average molecular weight is 557 g/mol. The molecule has 2 aromatic heterocycles. The summed E-state index contributed by atoms with van der Waals surface area (Å²) >= 11 is 0. The largest absolute Gasteiger partial charge is 0.374 e. The average Bonchev–Trinajstić information content (AvgIpc) is 3.40. The predicted octanol–water partition coefficient (Wildman–Crippen LogP) is 5.04. The Kier molecular flexibility index (Phi) is 9.69. The van der Waals surface area contributed by atoms with Gasteiger partial charge < -0.3 is 28.7 Å². The van der Waals surface area contributed by atoms with Gasteiger partial charge in [0.1, 0.15) is 18.5 Å². The number of aromatic nitrogens is 4. The number of hydrogen-bond donors (Lipinski definition) is 1. The van der Waals surface area contributed by atoms with Gasteiger partial charge in [0.05, 0.1) is 26.1 Å². The number of nitrogens with zero attached hydrogens (tertiary/aromatic N) is 6. The molecule has 3 atom stereocenters. The van der Waals surface area contributed by atoms with Gasteiger partial charge in [0.2, 0.25) is 6.54 Å². The molecular formula is C27H38N7O4P. The van der Waals surface area contributed by atoms with Gasteiger partial charge >= 0.3 is 0 Å². The summed E-state index contributed by atoms with van der Waals surface area (Å²) in [6, 6.07) is 10.4. The van der Waals surface area contributed by atoms with Crippen molar-refractivity contribution in [2.45, 2.75) is 65.1 Å². The Morgan fingerprint density at radius 1 is 1.23 bits per heavy atom. The highest BCUT2D eigenvalue weighted by Gasteiger charge is 2.38. The SMILES string of the molecule is [2H]C[C@@]1(COP(OCC[N+]#[C-])N(C(C)C)C(C)C)COC[C@H](n2cnc3c(NCc4ccccc4)ncnc32)O1. The van der Waals surface area contributed by atoms with Gasteiger partial charge in [-0.05, 0) is 40.2 Å². The number of rotatable bonds is 13. The summed E-state index contributed by atoms with van der Waals surface area (Å²) in [5, 5.41) is 3.35. The lowest BCUT2D eigenvalue weighted by Crippen LogP contribution is -2.47. The van der Waals surface area contributed by atoms with Crippen molar-refractivity contribution >= 4 is 25.5 Å². The smallest absolute Gasteiger partial charge is 0.259 e. The minimum absolute atomic E-state index is 0.0659. The molecule has 210 valence electrons. The van der Waals surface area contributed by atoms with Crippen LogP contribution in [-0.2, 0) is 25.1 Å². The fourth-order valence-corrected chi connectivity index (χ4v) is 6.05. The molecule has 1 aromatic carbocycles. The molecule has 0 bridgehead atoms. The van der Waals surface area contributed by atoms with E-state index in [-0.39, 0.29) is 52.0 Å². The number of ether oxygens (including phenoxy) is 2. The molecule has 3 heterocycles. The third kappa shape index (κ3) is 7.48. The Hall–Kier alpha value is -2.71. The number of imidazole rings is 1. The van der Waals surface area contributed by atoms with Crippen LogP contribution in [0.2, 0.25) is 0 Å². The van der Waals surface area contributed by atoms with E-state index in [1.165, 1.54) is 6.33 Å². The molecule has 12 heteroatoms. The van der Waals surface area contributed by atoms with Crippen molar-refractivity contribution in [3.05, 3.63) is 60.0 Å². The first-order valence-corrected chi connectivity index (χ1v) is 14.2. The van der Waals surface area contributed by atoms with Crippen LogP contribution in [0.5, 0.6) is 0 Å². The lowest BCUT2D eigenvalue weighted by Gasteiger charge is -2.41. The molecule has 0 saturated carbocycles. The Balaban J connectivity index is 1.49. The maximum atomic E-state index is 8.35. The van der Waals surface area contributed by atoms with Crippen LogP contribution in [0.1, 0.15) is 47.8 Å². The molecule has 11 nitrogen and oxygen atoms in total. The molecule has 1 aliphatic rings. The lowest BCUT2D eigenvalue weighted by molar-refractivity contribution is -0.225. The minimum Gasteiger partial charge on any atom is -0.374 e. The van der Waals surface area contributed by atoms with Gasteiger partial charge in [-0.15, -0.1) is 0 Å². The summed E-state index contributed by atoms with van der Waals surface area (Å²) in [6.45, 7) is 17.1. The van der Waals surface area contributed by atoms with Gasteiger partial charge in [0, 0.05) is 20.0 Å². The van der Waals surface area contributed by atoms with Crippen LogP contribution in [0.3, 0.4) is 0 Å². The first kappa shape index (κ1) is 27.8. The van der Waals surface area contributed by atoms with Gasteiger partial charge in [-0.25, -0.2) is 26.2 Å². The minimum atomic E-state index is -1.47. The van der Waals surface area contributed by atoms with Crippen molar-refractivity contribution in [1.82, 2.24) is 24.2 Å². The van der Waals surface area contributed by atoms with Crippen LogP contribution in [-0.4, -0.2) is 74.8 Å². The molecule has 39 heavy (non-hydrogen) atoms. The third-order valence-corrected chi connectivity index (χ3v) is 8.13. The van der Waals surface area contributed by atoms with Crippen molar-refractivity contribution in [3.8, 4) is 0 Å². The zero-order chi connectivity index (χ0) is 28.5. The molecular weight excluding hydrogens is 517 g/mol. The molecule has 0 amide bonds. The Morgan fingerprint density at radius 3 is 2.74 bits per heavy atom. The highest BCUT2D eigenvalue weighted by atomic mass is 31.2. The topological polar surface area (TPSA) is 100 Å². The highest BCUT2D eigenvalue weighted by molar-refractivity contribution is 7.44. The Morgan fingerprint density at radius 2 is 2.03 bits per heavy atom. The summed E-state index contributed by atoms with van der Waals surface area (Å²) in [7, 11) is -1.47. The van der Waals surface area contributed by atoms with E-state index in [0.29, 0.717) is 23.5 Å². The van der Waals surface area contributed by atoms with Crippen LogP contribution in [0, 0.1) is 6.57 Å². The van der Waals surface area contributed by atoms with Crippen LogP contribution in [0.4, 0.5) is 5.82 Å². The summed E-state index contributed by atoms with van der Waals surface area (Å²) in [5.74, 6) is 0.629. The van der Waals surface area contributed by atoms with Crippen molar-refractivity contribution < 1.29 is 19.9 Å². The lowest BCUT2D eigenvalue weighted by atomic mass is 10.1. The maximum Gasteiger partial charge on any atom is 0.259 e. The van der Waals surface area contributed by atoms with Crippen LogP contribution < -0.4 is 5.32 Å². The molecule has 3 aromatic rings. The summed E-state index contributed by atoms with van der Waals surface area (Å²) < 4.78 is 37.2. The van der Waals surface area contributed by atoms with Crippen molar-refractivity contribution in [3.63, 3.8) is 0 Å². The van der Waals surface area contributed by atoms with E-state index in [9.17, 15) is 0 Å². The van der Waals surface area contributed by atoms with Crippen molar-refractivity contribution in [2.24, 2.45) is 0 Å². The molecule has 1 fully saturated rings. The van der Waals surface area contributed by atoms with E-state index >= 15 is 0 Å². The third-order valence-electron chi connectivity index (χ3n) is 6.07. The molecule has 1 saturated heterocycles. The first-order chi connectivity index (χ1) is 19.4. The fourth-order valence-electron chi connectivity index (χ4n) is 4.37. The quantitative estimate of drug-likeness (QED) is 0.176. The highest BCUT2D eigenvalue weighted by Crippen LogP contribution is 2.47. The number of anilines is 1. The Labute approximate surface area is 233 Å². The van der Waals surface area contributed by atoms with Gasteiger partial charge in [0.25, 0.3) is 8.53 Å².